The third-order valence-electron chi connectivity index (χ3n) is 8.53. The minimum atomic E-state index is 0.920. The van der Waals surface area contributed by atoms with Crippen molar-refractivity contribution in [3.8, 4) is 33.4 Å². The zero-order valence-corrected chi connectivity index (χ0v) is 22.8. The second-order valence-corrected chi connectivity index (χ2v) is 11.0. The van der Waals surface area contributed by atoms with Crippen LogP contribution in [-0.4, -0.2) is 0 Å². The van der Waals surface area contributed by atoms with Gasteiger partial charge in [0, 0.05) is 33.0 Å². The zero-order chi connectivity index (χ0) is 27.6. The first-order valence-corrected chi connectivity index (χ1v) is 14.4. The van der Waals surface area contributed by atoms with E-state index in [2.05, 4.69) is 150 Å². The SMILES string of the molecule is c1ccc(-c2cc(-c3ccccc3)cc(N3c4ccccc4-c4c5c3cccc5cc3oc5ccccc5c43)c2)cc1. The Morgan fingerprint density at radius 3 is 1.83 bits per heavy atom. The molecule has 2 nitrogen and oxygen atoms in total. The number of rotatable bonds is 3. The molecule has 0 N–H and O–H groups in total. The molecular weight excluding hydrogens is 510 g/mol. The van der Waals surface area contributed by atoms with Crippen LogP contribution in [0, 0.1) is 0 Å². The van der Waals surface area contributed by atoms with Gasteiger partial charge in [0.1, 0.15) is 11.2 Å². The molecule has 1 aromatic heterocycles. The molecule has 42 heavy (non-hydrogen) atoms. The van der Waals surface area contributed by atoms with E-state index in [0.717, 1.165) is 22.2 Å². The minimum absolute atomic E-state index is 0.920. The van der Waals surface area contributed by atoms with Gasteiger partial charge in [-0.25, -0.2) is 0 Å². The topological polar surface area (TPSA) is 16.4 Å². The molecule has 0 aliphatic carbocycles. The summed E-state index contributed by atoms with van der Waals surface area (Å²) >= 11 is 0. The molecule has 7 aromatic carbocycles. The van der Waals surface area contributed by atoms with E-state index in [1.165, 1.54) is 60.9 Å². The molecule has 0 unspecified atom stereocenters. The molecule has 0 bridgehead atoms. The molecule has 0 spiro atoms. The van der Waals surface area contributed by atoms with E-state index in [1.54, 1.807) is 0 Å². The fourth-order valence-corrected chi connectivity index (χ4v) is 6.72. The highest BCUT2D eigenvalue weighted by Crippen LogP contribution is 2.55. The lowest BCUT2D eigenvalue weighted by Crippen LogP contribution is -2.15. The zero-order valence-electron chi connectivity index (χ0n) is 22.8. The van der Waals surface area contributed by atoms with Crippen LogP contribution in [0.2, 0.25) is 0 Å². The van der Waals surface area contributed by atoms with Gasteiger partial charge in [-0.2, -0.15) is 0 Å². The molecule has 2 heterocycles. The predicted molar refractivity (Wildman–Crippen MR) is 176 cm³/mol. The highest BCUT2D eigenvalue weighted by Gasteiger charge is 2.29. The number of fused-ring (bicyclic) bond motifs is 6. The van der Waals surface area contributed by atoms with E-state index < -0.39 is 0 Å². The van der Waals surface area contributed by atoms with Crippen LogP contribution >= 0.6 is 0 Å². The Kier molecular flexibility index (Phi) is 4.93. The molecule has 8 aromatic rings. The number of anilines is 3. The molecule has 2 heteroatoms. The molecular formula is C40H25NO. The van der Waals surface area contributed by atoms with Gasteiger partial charge < -0.3 is 9.32 Å². The van der Waals surface area contributed by atoms with Crippen LogP contribution in [0.25, 0.3) is 66.1 Å². The summed E-state index contributed by atoms with van der Waals surface area (Å²) in [5.74, 6) is 0. The Hall–Kier alpha value is -5.60. The third-order valence-corrected chi connectivity index (χ3v) is 8.53. The smallest absolute Gasteiger partial charge is 0.136 e. The maximum Gasteiger partial charge on any atom is 0.136 e. The average molecular weight is 536 g/mol. The van der Waals surface area contributed by atoms with Gasteiger partial charge in [-0.05, 0) is 70.1 Å². The van der Waals surface area contributed by atoms with Crippen molar-refractivity contribution in [3.05, 3.63) is 152 Å². The highest BCUT2D eigenvalue weighted by molar-refractivity contribution is 6.26. The second kappa shape index (κ2) is 8.95. The Balaban J connectivity index is 1.39. The summed E-state index contributed by atoms with van der Waals surface area (Å²) in [5.41, 5.74) is 12.6. The highest BCUT2D eigenvalue weighted by atomic mass is 16.3. The van der Waals surface area contributed by atoms with E-state index in [0.29, 0.717) is 0 Å². The van der Waals surface area contributed by atoms with E-state index in [9.17, 15) is 0 Å². The van der Waals surface area contributed by atoms with Crippen molar-refractivity contribution in [1.82, 2.24) is 0 Å². The molecule has 0 radical (unpaired) electrons. The maximum absolute atomic E-state index is 6.41. The summed E-state index contributed by atoms with van der Waals surface area (Å²) < 4.78 is 6.41. The van der Waals surface area contributed by atoms with Crippen molar-refractivity contribution >= 4 is 49.8 Å². The summed E-state index contributed by atoms with van der Waals surface area (Å²) in [6.07, 6.45) is 0. The minimum Gasteiger partial charge on any atom is -0.456 e. The van der Waals surface area contributed by atoms with Crippen molar-refractivity contribution in [2.75, 3.05) is 4.90 Å². The number of hydrogen-bond donors (Lipinski definition) is 0. The molecule has 196 valence electrons. The number of furan rings is 1. The average Bonchev–Trinajstić information content (AvgIpc) is 3.43. The molecule has 1 aliphatic heterocycles. The predicted octanol–water partition coefficient (Wildman–Crippen LogP) is 11.5. The fraction of sp³-hybridized carbons (Fsp3) is 0. The largest absolute Gasteiger partial charge is 0.456 e. The van der Waals surface area contributed by atoms with Crippen LogP contribution in [0.5, 0.6) is 0 Å². The van der Waals surface area contributed by atoms with E-state index >= 15 is 0 Å². The summed E-state index contributed by atoms with van der Waals surface area (Å²) in [5, 5.41) is 4.76. The molecule has 0 atom stereocenters. The normalized spacial score (nSPS) is 12.2. The number of benzene rings is 7. The Morgan fingerprint density at radius 2 is 1.07 bits per heavy atom. The van der Waals surface area contributed by atoms with Crippen LogP contribution in [0.4, 0.5) is 17.1 Å². The van der Waals surface area contributed by atoms with Gasteiger partial charge in [-0.1, -0.05) is 109 Å². The molecule has 0 fully saturated rings. The van der Waals surface area contributed by atoms with Crippen LogP contribution in [0.15, 0.2) is 156 Å². The molecule has 0 saturated carbocycles. The summed E-state index contributed by atoms with van der Waals surface area (Å²) in [7, 11) is 0. The van der Waals surface area contributed by atoms with Crippen molar-refractivity contribution in [3.63, 3.8) is 0 Å². The molecule has 0 amide bonds. The Labute approximate surface area is 243 Å². The summed E-state index contributed by atoms with van der Waals surface area (Å²) in [4.78, 5) is 2.44. The summed E-state index contributed by atoms with van der Waals surface area (Å²) in [6, 6.07) is 54.3. The van der Waals surface area contributed by atoms with Crippen molar-refractivity contribution < 1.29 is 4.42 Å². The molecule has 9 rings (SSSR count). The van der Waals surface area contributed by atoms with Crippen molar-refractivity contribution in [1.29, 1.82) is 0 Å². The molecule has 1 aliphatic rings. The van der Waals surface area contributed by atoms with Crippen molar-refractivity contribution in [2.45, 2.75) is 0 Å². The summed E-state index contributed by atoms with van der Waals surface area (Å²) in [6.45, 7) is 0. The van der Waals surface area contributed by atoms with Gasteiger partial charge in [0.15, 0.2) is 0 Å². The van der Waals surface area contributed by atoms with Gasteiger partial charge in [0.05, 0.1) is 11.4 Å². The second-order valence-electron chi connectivity index (χ2n) is 11.0. The lowest BCUT2D eigenvalue weighted by molar-refractivity contribution is 0.669. The van der Waals surface area contributed by atoms with Crippen molar-refractivity contribution in [2.24, 2.45) is 0 Å². The first kappa shape index (κ1) is 23.1. The van der Waals surface area contributed by atoms with Gasteiger partial charge in [0.2, 0.25) is 0 Å². The fourth-order valence-electron chi connectivity index (χ4n) is 6.72. The van der Waals surface area contributed by atoms with E-state index in [4.69, 9.17) is 4.42 Å². The Morgan fingerprint density at radius 1 is 0.429 bits per heavy atom. The molecule has 0 saturated heterocycles. The Bertz CT molecular complexity index is 2240. The van der Waals surface area contributed by atoms with Crippen LogP contribution in [0.3, 0.4) is 0 Å². The van der Waals surface area contributed by atoms with Crippen LogP contribution < -0.4 is 4.90 Å². The maximum atomic E-state index is 6.41. The van der Waals surface area contributed by atoms with E-state index in [-0.39, 0.29) is 0 Å². The lowest BCUT2D eigenvalue weighted by Gasteiger charge is -2.34. The third kappa shape index (κ3) is 3.39. The van der Waals surface area contributed by atoms with Gasteiger partial charge in [0.25, 0.3) is 0 Å². The van der Waals surface area contributed by atoms with Gasteiger partial charge in [-0.15, -0.1) is 0 Å². The number of para-hydroxylation sites is 2. The van der Waals surface area contributed by atoms with Gasteiger partial charge in [-0.3, -0.25) is 0 Å². The quantitative estimate of drug-likeness (QED) is 0.224. The van der Waals surface area contributed by atoms with Crippen LogP contribution in [0.1, 0.15) is 0 Å². The lowest BCUT2D eigenvalue weighted by atomic mass is 9.87. The monoisotopic (exact) mass is 535 g/mol. The van der Waals surface area contributed by atoms with Crippen LogP contribution in [-0.2, 0) is 0 Å². The number of nitrogens with zero attached hydrogens (tertiary/aromatic N) is 1. The van der Waals surface area contributed by atoms with Gasteiger partial charge >= 0.3 is 0 Å². The first-order chi connectivity index (χ1) is 20.8. The first-order valence-electron chi connectivity index (χ1n) is 14.4. The number of hydrogen-bond acceptors (Lipinski definition) is 2. The van der Waals surface area contributed by atoms with E-state index in [1.807, 2.05) is 6.07 Å². The standard InChI is InChI=1S/C40H25NO/c1-3-12-26(13-4-1)29-22-30(27-14-5-2-6-15-27)24-31(23-29)41-34-19-9-7-17-32(34)40-38-28(16-11-20-35(38)41)25-37-39(40)33-18-8-10-21-36(33)42-37/h1-25H.